The van der Waals surface area contributed by atoms with Crippen molar-refractivity contribution >= 4 is 38.6 Å². The molecule has 0 aliphatic carbocycles. The van der Waals surface area contributed by atoms with E-state index in [1.807, 2.05) is 51.1 Å². The summed E-state index contributed by atoms with van der Waals surface area (Å²) < 4.78 is 24.3. The second-order valence-electron chi connectivity index (χ2n) is 7.93. The molecule has 3 atom stereocenters. The number of methoxy groups -OCH3 is 1. The Kier molecular flexibility index (Phi) is 8.97. The van der Waals surface area contributed by atoms with E-state index in [4.69, 9.17) is 20.5 Å². The molecule has 0 aliphatic heterocycles. The topological polar surface area (TPSA) is 145 Å². The van der Waals surface area contributed by atoms with Gasteiger partial charge >= 0.3 is 0 Å². The first kappa shape index (κ1) is 26.0. The van der Waals surface area contributed by atoms with Crippen LogP contribution >= 0.6 is 11.3 Å². The number of nitrogens with one attached hydrogen (secondary N) is 1. The average molecular weight is 506 g/mol. The average Bonchev–Trinajstić information content (AvgIpc) is 3.26. The molecule has 3 unspecified atom stereocenters. The number of para-hydroxylation sites is 1. The van der Waals surface area contributed by atoms with Gasteiger partial charge in [0.2, 0.25) is 17.0 Å². The summed E-state index contributed by atoms with van der Waals surface area (Å²) in [6.45, 7) is 5.98. The number of aliphatic hydroxyl groups is 1. The molecular weight excluding hydrogens is 474 g/mol. The number of guanidine groups is 1. The number of hydroxylamine groups is 1. The highest BCUT2D eigenvalue weighted by molar-refractivity contribution is 7.80. The highest BCUT2D eigenvalue weighted by Gasteiger charge is 2.21. The fourth-order valence-corrected chi connectivity index (χ4v) is 5.53. The smallest absolute Gasteiger partial charge is 0.214 e. The van der Waals surface area contributed by atoms with Crippen LogP contribution in [0.5, 0.6) is 5.75 Å². The van der Waals surface area contributed by atoms with E-state index >= 15 is 0 Å². The van der Waals surface area contributed by atoms with Crippen molar-refractivity contribution in [2.45, 2.75) is 50.7 Å². The van der Waals surface area contributed by atoms with Crippen molar-refractivity contribution in [2.24, 2.45) is 16.5 Å². The molecule has 2 aromatic carbocycles. The number of ether oxygens (including phenoxy) is 1. The van der Waals surface area contributed by atoms with Crippen molar-refractivity contribution in [1.82, 2.24) is 10.5 Å². The van der Waals surface area contributed by atoms with E-state index in [1.54, 1.807) is 7.11 Å². The highest BCUT2D eigenvalue weighted by atomic mass is 32.2. The molecule has 0 saturated heterocycles. The fraction of sp³-hybridized carbons (Fsp3) is 0.391. The zero-order valence-corrected chi connectivity index (χ0v) is 21.3. The molecule has 3 aromatic rings. The molecule has 11 heteroatoms. The second kappa shape index (κ2) is 11.7. The minimum Gasteiger partial charge on any atom is -0.496 e. The summed E-state index contributed by atoms with van der Waals surface area (Å²) in [5.41, 5.74) is 17.8. The lowest BCUT2D eigenvalue weighted by molar-refractivity contribution is 0.141. The summed E-state index contributed by atoms with van der Waals surface area (Å²) in [7, 11) is 1.60. The molecule has 0 fully saturated rings. The van der Waals surface area contributed by atoms with E-state index in [0.29, 0.717) is 29.3 Å². The van der Waals surface area contributed by atoms with Crippen molar-refractivity contribution in [3.63, 3.8) is 0 Å². The van der Waals surface area contributed by atoms with E-state index in [1.165, 1.54) is 11.3 Å². The summed E-state index contributed by atoms with van der Waals surface area (Å²) in [4.78, 5) is 9.20. The van der Waals surface area contributed by atoms with Gasteiger partial charge in [-0.15, -0.1) is 11.3 Å². The molecule has 34 heavy (non-hydrogen) atoms. The molecule has 6 N–H and O–H groups in total. The molecule has 0 radical (unpaired) electrons. The highest BCUT2D eigenvalue weighted by Crippen LogP contribution is 2.30. The molecule has 1 aromatic heterocycles. The van der Waals surface area contributed by atoms with Crippen molar-refractivity contribution in [3.8, 4) is 5.75 Å². The SMILES string of the molecule is COc1cc(C)c(S(=O)ONC(N)=NCCCC(N)C(O)c2nc3ccccc3s2)c(C)c1C. The molecular formula is C23H31N5O4S2. The van der Waals surface area contributed by atoms with Gasteiger partial charge < -0.3 is 21.3 Å². The normalized spacial score (nSPS) is 14.7. The molecule has 184 valence electrons. The van der Waals surface area contributed by atoms with Crippen LogP contribution in [0.3, 0.4) is 0 Å². The maximum absolute atomic E-state index is 12.7. The van der Waals surface area contributed by atoms with E-state index in [2.05, 4.69) is 15.5 Å². The number of aliphatic hydroxyl groups excluding tert-OH is 1. The largest absolute Gasteiger partial charge is 0.496 e. The molecule has 9 nitrogen and oxygen atoms in total. The lowest BCUT2D eigenvalue weighted by atomic mass is 10.1. The zero-order valence-electron chi connectivity index (χ0n) is 19.7. The summed E-state index contributed by atoms with van der Waals surface area (Å²) >= 11 is -0.344. The number of nitrogens with zero attached hydrogens (tertiary/aromatic N) is 2. The van der Waals surface area contributed by atoms with E-state index in [9.17, 15) is 9.32 Å². The number of aromatic nitrogens is 1. The molecule has 0 aliphatic rings. The van der Waals surface area contributed by atoms with Crippen molar-refractivity contribution < 1.29 is 18.3 Å². The Labute approximate surface area is 205 Å². The number of benzene rings is 2. The third-order valence-electron chi connectivity index (χ3n) is 5.53. The molecule has 0 amide bonds. The van der Waals surface area contributed by atoms with Crippen molar-refractivity contribution in [2.75, 3.05) is 13.7 Å². The Bertz CT molecular complexity index is 1160. The minimum absolute atomic E-state index is 0.00850. The van der Waals surface area contributed by atoms with Gasteiger partial charge in [0.15, 0.2) is 0 Å². The maximum atomic E-state index is 12.7. The van der Waals surface area contributed by atoms with E-state index < -0.39 is 23.2 Å². The van der Waals surface area contributed by atoms with Gasteiger partial charge in [0.05, 0.1) is 22.2 Å². The first-order chi connectivity index (χ1) is 16.2. The van der Waals surface area contributed by atoms with E-state index in [0.717, 1.165) is 32.7 Å². The van der Waals surface area contributed by atoms with Gasteiger partial charge in [-0.3, -0.25) is 4.99 Å². The number of thiazole rings is 1. The minimum atomic E-state index is -1.78. The Hall–Kier alpha value is -2.57. The van der Waals surface area contributed by atoms with Gasteiger partial charge in [0.1, 0.15) is 16.9 Å². The first-order valence-electron chi connectivity index (χ1n) is 10.8. The first-order valence-corrected chi connectivity index (χ1v) is 12.7. The van der Waals surface area contributed by atoms with Crippen LogP contribution in [-0.2, 0) is 15.4 Å². The van der Waals surface area contributed by atoms with Crippen LogP contribution in [0.1, 0.15) is 40.6 Å². The number of fused-ring (bicyclic) bond motifs is 1. The van der Waals surface area contributed by atoms with Crippen LogP contribution in [0.25, 0.3) is 10.2 Å². The number of aryl methyl sites for hydroxylation is 1. The standard InChI is InChI=1S/C23H31N5O4S2/c1-13-12-18(31-4)14(2)15(3)21(13)34(30)32-28-23(25)26-11-7-8-16(24)20(29)22-27-17-9-5-6-10-19(17)33-22/h5-6,9-10,12,16,20,29H,7-8,11,24H2,1-4H3,(H3,25,26,28). The van der Waals surface area contributed by atoms with Crippen LogP contribution in [-0.4, -0.2) is 40.0 Å². The van der Waals surface area contributed by atoms with Gasteiger partial charge in [0, 0.05) is 12.6 Å². The number of nitrogens with two attached hydrogens (primary N) is 2. The third kappa shape index (κ3) is 6.10. The van der Waals surface area contributed by atoms with Crippen molar-refractivity contribution in [1.29, 1.82) is 0 Å². The van der Waals surface area contributed by atoms with Crippen LogP contribution in [0.4, 0.5) is 0 Å². The van der Waals surface area contributed by atoms with Crippen LogP contribution in [0.2, 0.25) is 0 Å². The van der Waals surface area contributed by atoms with Crippen LogP contribution in [0.15, 0.2) is 40.2 Å². The quantitative estimate of drug-likeness (QED) is 0.142. The van der Waals surface area contributed by atoms with Gasteiger partial charge in [-0.05, 0) is 68.5 Å². The zero-order chi connectivity index (χ0) is 24.8. The Morgan fingerprint density at radius 1 is 1.29 bits per heavy atom. The number of hydrogen-bond acceptors (Lipinski definition) is 8. The summed E-state index contributed by atoms with van der Waals surface area (Å²) in [5.74, 6) is 0.741. The predicted octanol–water partition coefficient (Wildman–Crippen LogP) is 2.93. The van der Waals surface area contributed by atoms with Crippen LogP contribution < -0.4 is 21.7 Å². The van der Waals surface area contributed by atoms with E-state index in [-0.39, 0.29) is 5.96 Å². The molecule has 1 heterocycles. The Morgan fingerprint density at radius 3 is 2.74 bits per heavy atom. The number of aliphatic imine (C=N–C) groups is 1. The maximum Gasteiger partial charge on any atom is 0.214 e. The second-order valence-corrected chi connectivity index (χ2v) is 10.0. The van der Waals surface area contributed by atoms with Crippen molar-refractivity contribution in [3.05, 3.63) is 52.0 Å². The Morgan fingerprint density at radius 2 is 2.03 bits per heavy atom. The third-order valence-corrected chi connectivity index (χ3v) is 7.84. The molecule has 0 spiro atoms. The van der Waals surface area contributed by atoms with Gasteiger partial charge in [-0.1, -0.05) is 12.1 Å². The lowest BCUT2D eigenvalue weighted by Gasteiger charge is -2.16. The molecule has 0 saturated carbocycles. The summed E-state index contributed by atoms with van der Waals surface area (Å²) in [6, 6.07) is 9.07. The monoisotopic (exact) mass is 505 g/mol. The molecule has 0 bridgehead atoms. The molecule has 3 rings (SSSR count). The summed E-state index contributed by atoms with van der Waals surface area (Å²) in [6.07, 6.45) is 0.288. The van der Waals surface area contributed by atoms with Gasteiger partial charge in [-0.25, -0.2) is 14.7 Å². The van der Waals surface area contributed by atoms with Crippen LogP contribution in [0, 0.1) is 20.8 Å². The summed E-state index contributed by atoms with van der Waals surface area (Å²) in [5, 5.41) is 11.1. The lowest BCUT2D eigenvalue weighted by Crippen LogP contribution is -2.33. The fourth-order valence-electron chi connectivity index (χ4n) is 3.53. The van der Waals surface area contributed by atoms with Gasteiger partial charge in [-0.2, -0.15) is 4.28 Å². The number of rotatable bonds is 10. The number of hydrogen-bond donors (Lipinski definition) is 4. The Balaban J connectivity index is 1.47. The predicted molar refractivity (Wildman–Crippen MR) is 136 cm³/mol. The van der Waals surface area contributed by atoms with Gasteiger partial charge in [0.25, 0.3) is 0 Å².